The standard InChI is InChI=1S/C20H20F7N5O3S/c1-9-5-19(23,24)8-32(9)18(35)13-14(36-17(31-13)16(34)28-2-3-33)11-6-29-12(4-10(11)15(21)22)30-7-20(25,26)27/h4,6,9,15,33H,2-3,5,7-8H2,1H3,(H,28,34)(H,29,30). The van der Waals surface area contributed by atoms with Crippen molar-refractivity contribution in [2.75, 3.05) is 31.6 Å². The highest BCUT2D eigenvalue weighted by Crippen LogP contribution is 2.40. The zero-order chi connectivity index (χ0) is 26.8. The van der Waals surface area contributed by atoms with Gasteiger partial charge in [0.05, 0.1) is 18.0 Å². The SMILES string of the molecule is CC1CC(F)(F)CN1C(=O)c1nc(C(=O)NCCO)sc1-c1cnc(NCC(F)(F)F)cc1C(F)F. The molecule has 3 rings (SSSR count). The normalized spacial score (nSPS) is 17.5. The third-order valence-electron chi connectivity index (χ3n) is 5.10. The van der Waals surface area contributed by atoms with E-state index in [2.05, 4.69) is 15.3 Å². The molecular formula is C20H20F7N5O3S. The highest BCUT2D eigenvalue weighted by atomic mass is 32.1. The molecule has 1 fully saturated rings. The number of anilines is 1. The van der Waals surface area contributed by atoms with Crippen LogP contribution in [0.5, 0.6) is 0 Å². The van der Waals surface area contributed by atoms with Crippen molar-refractivity contribution in [1.82, 2.24) is 20.2 Å². The van der Waals surface area contributed by atoms with E-state index in [-0.39, 0.29) is 16.4 Å². The fourth-order valence-corrected chi connectivity index (χ4v) is 4.54. The van der Waals surface area contributed by atoms with Gasteiger partial charge in [0.15, 0.2) is 5.01 Å². The predicted octanol–water partition coefficient (Wildman–Crippen LogP) is 3.71. The maximum Gasteiger partial charge on any atom is 0.405 e. The summed E-state index contributed by atoms with van der Waals surface area (Å²) in [5, 5.41) is 12.7. The molecule has 1 unspecified atom stereocenters. The maximum atomic E-state index is 13.9. The lowest BCUT2D eigenvalue weighted by Gasteiger charge is -2.20. The first-order valence-electron chi connectivity index (χ1n) is 10.4. The zero-order valence-corrected chi connectivity index (χ0v) is 19.3. The van der Waals surface area contributed by atoms with E-state index >= 15 is 0 Å². The number of amides is 2. The van der Waals surface area contributed by atoms with Gasteiger partial charge >= 0.3 is 6.18 Å². The Labute approximate surface area is 203 Å². The van der Waals surface area contributed by atoms with Crippen LogP contribution < -0.4 is 10.6 Å². The van der Waals surface area contributed by atoms with Crippen molar-refractivity contribution in [2.24, 2.45) is 0 Å². The van der Waals surface area contributed by atoms with Crippen molar-refractivity contribution >= 4 is 29.0 Å². The fourth-order valence-electron chi connectivity index (χ4n) is 3.54. The van der Waals surface area contributed by atoms with Crippen molar-refractivity contribution in [2.45, 2.75) is 37.9 Å². The van der Waals surface area contributed by atoms with Gasteiger partial charge in [-0.1, -0.05) is 0 Å². The van der Waals surface area contributed by atoms with Crippen LogP contribution in [0.2, 0.25) is 0 Å². The van der Waals surface area contributed by atoms with Gasteiger partial charge in [-0.3, -0.25) is 9.59 Å². The lowest BCUT2D eigenvalue weighted by Crippen LogP contribution is -2.35. The van der Waals surface area contributed by atoms with Gasteiger partial charge in [-0.25, -0.2) is 27.5 Å². The molecule has 3 N–H and O–H groups in total. The van der Waals surface area contributed by atoms with Crippen LogP contribution in [0, 0.1) is 0 Å². The van der Waals surface area contributed by atoms with Crippen LogP contribution in [0.1, 0.15) is 45.6 Å². The molecule has 2 aromatic heterocycles. The molecule has 3 heterocycles. The molecule has 1 atom stereocenters. The second-order valence-electron chi connectivity index (χ2n) is 7.94. The topological polar surface area (TPSA) is 107 Å². The molecule has 0 radical (unpaired) electrons. The van der Waals surface area contributed by atoms with E-state index in [9.17, 15) is 40.3 Å². The summed E-state index contributed by atoms with van der Waals surface area (Å²) in [6, 6.07) is -0.256. The molecule has 1 aliphatic heterocycles. The third kappa shape index (κ3) is 6.40. The smallest absolute Gasteiger partial charge is 0.395 e. The van der Waals surface area contributed by atoms with Gasteiger partial charge in [0.25, 0.3) is 24.2 Å². The number of alkyl halides is 7. The first kappa shape index (κ1) is 27.6. The summed E-state index contributed by atoms with van der Waals surface area (Å²) in [4.78, 5) is 33.7. The van der Waals surface area contributed by atoms with Gasteiger partial charge in [0.2, 0.25) is 0 Å². The number of rotatable bonds is 8. The first-order chi connectivity index (χ1) is 16.7. The molecule has 0 bridgehead atoms. The first-order valence-corrected chi connectivity index (χ1v) is 11.2. The Kier molecular flexibility index (Phi) is 8.07. The monoisotopic (exact) mass is 543 g/mol. The van der Waals surface area contributed by atoms with Crippen molar-refractivity contribution < 1.29 is 45.4 Å². The predicted molar refractivity (Wildman–Crippen MR) is 114 cm³/mol. The molecule has 36 heavy (non-hydrogen) atoms. The molecule has 8 nitrogen and oxygen atoms in total. The number of halogens is 7. The van der Waals surface area contributed by atoms with E-state index in [1.807, 2.05) is 5.32 Å². The molecule has 16 heteroatoms. The molecule has 1 saturated heterocycles. The summed E-state index contributed by atoms with van der Waals surface area (Å²) in [6.45, 7) is -1.73. The van der Waals surface area contributed by atoms with Crippen LogP contribution in [-0.4, -0.2) is 76.2 Å². The number of nitrogens with zero attached hydrogens (tertiary/aromatic N) is 3. The van der Waals surface area contributed by atoms with E-state index in [4.69, 9.17) is 5.11 Å². The average molecular weight is 543 g/mol. The maximum absolute atomic E-state index is 13.9. The Bertz CT molecular complexity index is 1130. The second-order valence-corrected chi connectivity index (χ2v) is 8.94. The van der Waals surface area contributed by atoms with Gasteiger partial charge < -0.3 is 20.6 Å². The lowest BCUT2D eigenvalue weighted by atomic mass is 10.1. The van der Waals surface area contributed by atoms with Crippen LogP contribution in [0.25, 0.3) is 10.4 Å². The van der Waals surface area contributed by atoms with Crippen molar-refractivity contribution in [3.63, 3.8) is 0 Å². The van der Waals surface area contributed by atoms with Crippen LogP contribution in [0.4, 0.5) is 36.6 Å². The van der Waals surface area contributed by atoms with Gasteiger partial charge in [-0.05, 0) is 13.0 Å². The lowest BCUT2D eigenvalue weighted by molar-refractivity contribution is -0.115. The Hall–Kier alpha value is -3.01. The van der Waals surface area contributed by atoms with Gasteiger partial charge in [0, 0.05) is 36.3 Å². The van der Waals surface area contributed by atoms with E-state index in [1.54, 1.807) is 0 Å². The van der Waals surface area contributed by atoms with Crippen molar-refractivity contribution in [3.05, 3.63) is 28.5 Å². The van der Waals surface area contributed by atoms with Gasteiger partial charge in [0.1, 0.15) is 18.1 Å². The summed E-state index contributed by atoms with van der Waals surface area (Å²) < 4.78 is 93.1. The minimum absolute atomic E-state index is 0.185. The number of pyridine rings is 1. The van der Waals surface area contributed by atoms with Gasteiger partial charge in [-0.2, -0.15) is 13.2 Å². The number of thiazole rings is 1. The van der Waals surface area contributed by atoms with Crippen molar-refractivity contribution in [3.8, 4) is 10.4 Å². The minimum atomic E-state index is -4.64. The Morgan fingerprint density at radius 3 is 2.58 bits per heavy atom. The van der Waals surface area contributed by atoms with Crippen molar-refractivity contribution in [1.29, 1.82) is 0 Å². The molecular weight excluding hydrogens is 523 g/mol. The number of hydrogen-bond donors (Lipinski definition) is 3. The summed E-state index contributed by atoms with van der Waals surface area (Å²) in [5.41, 5.74) is -1.77. The number of nitrogens with one attached hydrogen (secondary N) is 2. The highest BCUT2D eigenvalue weighted by Gasteiger charge is 2.46. The zero-order valence-electron chi connectivity index (χ0n) is 18.5. The molecule has 0 saturated carbocycles. The Morgan fingerprint density at radius 1 is 1.33 bits per heavy atom. The Balaban J connectivity index is 2.08. The quantitative estimate of drug-likeness (QED) is 0.439. The van der Waals surface area contributed by atoms with E-state index < -0.39 is 85.1 Å². The Morgan fingerprint density at radius 2 is 2.03 bits per heavy atom. The third-order valence-corrected chi connectivity index (χ3v) is 6.18. The largest absolute Gasteiger partial charge is 0.405 e. The number of aliphatic hydroxyl groups excluding tert-OH is 1. The number of carbonyl (C=O) groups is 2. The molecule has 1 aliphatic rings. The van der Waals surface area contributed by atoms with Crippen LogP contribution >= 0.6 is 11.3 Å². The second kappa shape index (κ2) is 10.5. The van der Waals surface area contributed by atoms with Crippen LogP contribution in [0.3, 0.4) is 0 Å². The summed E-state index contributed by atoms with van der Waals surface area (Å²) in [7, 11) is 0. The summed E-state index contributed by atoms with van der Waals surface area (Å²) in [6.07, 6.45) is -7.72. The summed E-state index contributed by atoms with van der Waals surface area (Å²) >= 11 is 0.501. The number of likely N-dealkylation sites (tertiary alicyclic amines) is 1. The number of aliphatic hydroxyl groups is 1. The molecule has 0 spiro atoms. The van der Waals surface area contributed by atoms with E-state index in [0.29, 0.717) is 17.4 Å². The minimum Gasteiger partial charge on any atom is -0.395 e. The van der Waals surface area contributed by atoms with E-state index in [0.717, 1.165) is 11.1 Å². The highest BCUT2D eigenvalue weighted by molar-refractivity contribution is 7.17. The number of carbonyl (C=O) groups excluding carboxylic acids is 2. The fraction of sp³-hybridized carbons (Fsp3) is 0.500. The van der Waals surface area contributed by atoms with Crippen LogP contribution in [0.15, 0.2) is 12.3 Å². The summed E-state index contributed by atoms with van der Waals surface area (Å²) in [5.74, 6) is -5.60. The van der Waals surface area contributed by atoms with Gasteiger partial charge in [-0.15, -0.1) is 11.3 Å². The number of hydrogen-bond acceptors (Lipinski definition) is 7. The molecule has 198 valence electrons. The molecule has 2 aromatic rings. The molecule has 2 amide bonds. The average Bonchev–Trinajstić information content (AvgIpc) is 3.35. The van der Waals surface area contributed by atoms with Crippen LogP contribution in [-0.2, 0) is 0 Å². The van der Waals surface area contributed by atoms with E-state index in [1.165, 1.54) is 6.92 Å². The number of aromatic nitrogens is 2. The molecule has 0 aliphatic carbocycles. The molecule has 0 aromatic carbocycles.